The summed E-state index contributed by atoms with van der Waals surface area (Å²) in [6.45, 7) is 5.70. The summed E-state index contributed by atoms with van der Waals surface area (Å²) < 4.78 is 13.2. The lowest BCUT2D eigenvalue weighted by atomic mass is 9.96. The van der Waals surface area contributed by atoms with Crippen molar-refractivity contribution in [3.63, 3.8) is 0 Å². The number of aryl methyl sites for hydroxylation is 1. The highest BCUT2D eigenvalue weighted by molar-refractivity contribution is 7.80. The number of rotatable bonds is 9. The van der Waals surface area contributed by atoms with Gasteiger partial charge < -0.3 is 29.6 Å². The zero-order chi connectivity index (χ0) is 30.8. The second kappa shape index (κ2) is 12.1. The van der Waals surface area contributed by atoms with Crippen LogP contribution >= 0.6 is 12.2 Å². The number of hydrogen-bond acceptors (Lipinski definition) is 7. The van der Waals surface area contributed by atoms with Crippen LogP contribution in [0.3, 0.4) is 0 Å². The van der Waals surface area contributed by atoms with Crippen molar-refractivity contribution in [1.29, 1.82) is 0 Å². The number of methoxy groups -OCH3 is 2. The fourth-order valence-corrected chi connectivity index (χ4v) is 5.89. The van der Waals surface area contributed by atoms with Crippen molar-refractivity contribution >= 4 is 40.3 Å². The first-order valence-corrected chi connectivity index (χ1v) is 14.1. The predicted molar refractivity (Wildman–Crippen MR) is 168 cm³/mol. The molecule has 1 saturated heterocycles. The summed E-state index contributed by atoms with van der Waals surface area (Å²) in [7, 11) is 3.09. The van der Waals surface area contributed by atoms with E-state index in [9.17, 15) is 14.9 Å². The third-order valence-corrected chi connectivity index (χ3v) is 7.87. The number of non-ortho nitro benzene ring substituents is 1. The zero-order valence-electron chi connectivity index (χ0n) is 24.5. The van der Waals surface area contributed by atoms with E-state index >= 15 is 0 Å². The second-order valence-electron chi connectivity index (χ2n) is 10.1. The first-order valence-electron chi connectivity index (χ1n) is 13.7. The fourth-order valence-electron chi connectivity index (χ4n) is 5.55. The first kappa shape index (κ1) is 29.5. The molecule has 222 valence electrons. The van der Waals surface area contributed by atoms with E-state index in [1.165, 1.54) is 19.2 Å². The fraction of sp³-hybridized carbons (Fsp3) is 0.258. The predicted octanol–water partition coefficient (Wildman–Crippen LogP) is 5.94. The number of carbonyl (C=O) groups is 1. The smallest absolute Gasteiger partial charge is 0.271 e. The van der Waals surface area contributed by atoms with Crippen LogP contribution in [0.4, 0.5) is 17.1 Å². The van der Waals surface area contributed by atoms with Crippen molar-refractivity contribution in [2.75, 3.05) is 24.4 Å². The highest BCUT2D eigenvalue weighted by Crippen LogP contribution is 2.45. The molecular weight excluding hydrogens is 568 g/mol. The quantitative estimate of drug-likeness (QED) is 0.136. The van der Waals surface area contributed by atoms with E-state index in [4.69, 9.17) is 21.7 Å². The Morgan fingerprint density at radius 3 is 2.51 bits per heavy atom. The number of hydrogen-bond donors (Lipinski definition) is 2. The van der Waals surface area contributed by atoms with Gasteiger partial charge in [0.2, 0.25) is 5.91 Å². The third-order valence-electron chi connectivity index (χ3n) is 7.56. The highest BCUT2D eigenvalue weighted by atomic mass is 32.1. The molecule has 5 rings (SSSR count). The van der Waals surface area contributed by atoms with Crippen molar-refractivity contribution in [1.82, 2.24) is 14.9 Å². The summed E-state index contributed by atoms with van der Waals surface area (Å²) in [6, 6.07) is 17.2. The van der Waals surface area contributed by atoms with Gasteiger partial charge in [0, 0.05) is 47.9 Å². The lowest BCUT2D eigenvalue weighted by Crippen LogP contribution is -2.29. The van der Waals surface area contributed by atoms with Crippen molar-refractivity contribution in [2.45, 2.75) is 39.3 Å². The molecule has 2 N–H and O–H groups in total. The van der Waals surface area contributed by atoms with Gasteiger partial charge in [-0.15, -0.1) is 0 Å². The van der Waals surface area contributed by atoms with Gasteiger partial charge in [-0.25, -0.2) is 0 Å². The molecule has 3 heterocycles. The number of amides is 1. The lowest BCUT2D eigenvalue weighted by molar-refractivity contribution is -0.384. The Morgan fingerprint density at radius 1 is 1.09 bits per heavy atom. The number of nitrogens with one attached hydrogen (secondary N) is 2. The molecule has 2 atom stereocenters. The molecule has 1 aliphatic heterocycles. The Balaban J connectivity index is 1.68. The molecular formula is C31H32N6O5S. The number of aromatic nitrogens is 2. The molecule has 2 aromatic heterocycles. The van der Waals surface area contributed by atoms with Gasteiger partial charge >= 0.3 is 0 Å². The summed E-state index contributed by atoms with van der Waals surface area (Å²) in [5.41, 5.74) is 5.30. The molecule has 11 nitrogen and oxygen atoms in total. The topological polar surface area (TPSA) is 124 Å². The molecule has 0 aliphatic carbocycles. The summed E-state index contributed by atoms with van der Waals surface area (Å²) in [6.07, 6.45) is 2.08. The SMILES string of the molecule is CCC(=O)Nc1ccc(N2C(=S)N[C@@H](c3ccccn3)[C@@H]2c2cc(C)n(-c3cc([N+](=O)[O-])ccc3OC)c2C)cc1OC. The Kier molecular flexibility index (Phi) is 8.31. The summed E-state index contributed by atoms with van der Waals surface area (Å²) in [5.74, 6) is 0.877. The van der Waals surface area contributed by atoms with Crippen molar-refractivity contribution in [2.24, 2.45) is 0 Å². The maximum atomic E-state index is 12.1. The number of nitrogens with zero attached hydrogens (tertiary/aromatic N) is 4. The number of benzene rings is 2. The molecule has 0 unspecified atom stereocenters. The van der Waals surface area contributed by atoms with Gasteiger partial charge in [-0.05, 0) is 68.0 Å². The van der Waals surface area contributed by atoms with Gasteiger partial charge in [0.05, 0.1) is 48.3 Å². The van der Waals surface area contributed by atoms with Crippen LogP contribution in [0.2, 0.25) is 0 Å². The van der Waals surface area contributed by atoms with E-state index in [-0.39, 0.29) is 23.7 Å². The molecule has 4 aromatic rings. The molecule has 1 amide bonds. The van der Waals surface area contributed by atoms with Crippen LogP contribution in [0.25, 0.3) is 5.69 Å². The number of ether oxygens (including phenoxy) is 2. The van der Waals surface area contributed by atoms with E-state index in [0.717, 1.165) is 28.3 Å². The average molecular weight is 601 g/mol. The first-order chi connectivity index (χ1) is 20.7. The summed E-state index contributed by atoms with van der Waals surface area (Å²) >= 11 is 5.91. The third kappa shape index (κ3) is 5.48. The Labute approximate surface area is 254 Å². The van der Waals surface area contributed by atoms with Crippen LogP contribution in [0, 0.1) is 24.0 Å². The maximum absolute atomic E-state index is 12.1. The number of pyridine rings is 1. The standard InChI is InChI=1S/C31H32N6O5S/c1-6-28(38)33-23-12-10-20(17-27(23)42-5)36-30(29(34-31(36)43)24-9-7-8-14-32-24)22-15-18(2)35(19(22)3)25-16-21(37(39)40)11-13-26(25)41-4/h7-17,29-30H,6H2,1-5H3,(H,33,38)(H,34,43)/t29-,30-/m0/s1. The summed E-state index contributed by atoms with van der Waals surface area (Å²) in [5, 5.41) is 18.5. The molecule has 0 bridgehead atoms. The van der Waals surface area contributed by atoms with Gasteiger partial charge in [-0.2, -0.15) is 0 Å². The molecule has 2 aromatic carbocycles. The number of anilines is 2. The van der Waals surface area contributed by atoms with Crippen molar-refractivity contribution < 1.29 is 19.2 Å². The molecule has 0 saturated carbocycles. The van der Waals surface area contributed by atoms with Crippen LogP contribution in [-0.4, -0.2) is 39.7 Å². The minimum absolute atomic E-state index is 0.0381. The van der Waals surface area contributed by atoms with Crippen LogP contribution in [-0.2, 0) is 4.79 Å². The number of nitro groups is 1. The normalized spacial score (nSPS) is 16.1. The van der Waals surface area contributed by atoms with Crippen LogP contribution in [0.5, 0.6) is 11.5 Å². The van der Waals surface area contributed by atoms with Gasteiger partial charge in [0.25, 0.3) is 5.69 Å². The van der Waals surface area contributed by atoms with Gasteiger partial charge in [-0.3, -0.25) is 19.9 Å². The van der Waals surface area contributed by atoms with Crippen LogP contribution in [0.15, 0.2) is 66.9 Å². The largest absolute Gasteiger partial charge is 0.495 e. The number of carbonyl (C=O) groups excluding carboxylic acids is 1. The zero-order valence-corrected chi connectivity index (χ0v) is 25.3. The molecule has 43 heavy (non-hydrogen) atoms. The number of nitro benzene ring substituents is 1. The Bertz CT molecular complexity index is 1710. The molecule has 1 aliphatic rings. The van der Waals surface area contributed by atoms with E-state index in [1.807, 2.05) is 53.6 Å². The Hall–Kier alpha value is -4.97. The molecule has 0 spiro atoms. The maximum Gasteiger partial charge on any atom is 0.271 e. The second-order valence-corrected chi connectivity index (χ2v) is 10.4. The van der Waals surface area contributed by atoms with E-state index in [0.29, 0.717) is 34.4 Å². The average Bonchev–Trinajstić information content (AvgIpc) is 3.51. The highest BCUT2D eigenvalue weighted by Gasteiger charge is 2.42. The van der Waals surface area contributed by atoms with Gasteiger partial charge in [0.15, 0.2) is 5.11 Å². The van der Waals surface area contributed by atoms with Crippen LogP contribution < -0.4 is 25.0 Å². The molecule has 0 radical (unpaired) electrons. The minimum atomic E-state index is -0.420. The van der Waals surface area contributed by atoms with Crippen molar-refractivity contribution in [3.8, 4) is 17.2 Å². The molecule has 12 heteroatoms. The summed E-state index contributed by atoms with van der Waals surface area (Å²) in [4.78, 5) is 30.0. The monoisotopic (exact) mass is 600 g/mol. The van der Waals surface area contributed by atoms with Gasteiger partial charge in [-0.1, -0.05) is 13.0 Å². The van der Waals surface area contributed by atoms with Gasteiger partial charge in [0.1, 0.15) is 11.5 Å². The lowest BCUT2D eigenvalue weighted by Gasteiger charge is -2.29. The number of thiocarbonyl (C=S) groups is 1. The van der Waals surface area contributed by atoms with E-state index in [2.05, 4.69) is 21.7 Å². The van der Waals surface area contributed by atoms with E-state index < -0.39 is 4.92 Å². The van der Waals surface area contributed by atoms with Crippen molar-refractivity contribution in [3.05, 3.63) is 99.6 Å². The molecule has 1 fully saturated rings. The van der Waals surface area contributed by atoms with E-state index in [1.54, 1.807) is 32.4 Å². The van der Waals surface area contributed by atoms with Crippen LogP contribution in [0.1, 0.15) is 48.1 Å². The Morgan fingerprint density at radius 2 is 1.86 bits per heavy atom. The minimum Gasteiger partial charge on any atom is -0.495 e.